The fourth-order valence-corrected chi connectivity index (χ4v) is 1.97. The molecule has 1 heterocycles. The van der Waals surface area contributed by atoms with Crippen molar-refractivity contribution in [1.29, 1.82) is 0 Å². The Hall–Kier alpha value is -1.16. The molecule has 2 rings (SSSR count). The van der Waals surface area contributed by atoms with E-state index < -0.39 is 0 Å². The molecule has 4 nitrogen and oxygen atoms in total. The second kappa shape index (κ2) is 4.57. The number of carbonyl (C=O) groups is 1. The van der Waals surface area contributed by atoms with Crippen LogP contribution in [0.15, 0.2) is 6.20 Å². The van der Waals surface area contributed by atoms with Gasteiger partial charge in [-0.1, -0.05) is 12.8 Å². The lowest BCUT2D eigenvalue weighted by Crippen LogP contribution is -2.17. The fourth-order valence-electron chi connectivity index (χ4n) is 1.83. The summed E-state index contributed by atoms with van der Waals surface area (Å²) in [6.07, 6.45) is 6.90. The van der Waals surface area contributed by atoms with Crippen molar-refractivity contribution in [3.8, 4) is 0 Å². The number of aldehydes is 1. The van der Waals surface area contributed by atoms with Crippen LogP contribution in [0.5, 0.6) is 0 Å². The van der Waals surface area contributed by atoms with Crippen LogP contribution in [-0.2, 0) is 0 Å². The summed E-state index contributed by atoms with van der Waals surface area (Å²) in [4.78, 5) is 18.5. The van der Waals surface area contributed by atoms with Crippen molar-refractivity contribution in [2.45, 2.75) is 31.7 Å². The van der Waals surface area contributed by atoms with Crippen molar-refractivity contribution in [1.82, 2.24) is 9.97 Å². The van der Waals surface area contributed by atoms with Crippen LogP contribution >= 0.6 is 11.6 Å². The summed E-state index contributed by atoms with van der Waals surface area (Å²) >= 11 is 5.68. The molecular formula is C10H12ClN3O. The lowest BCUT2D eigenvalue weighted by atomic mass is 10.2. The molecular weight excluding hydrogens is 214 g/mol. The normalized spacial score (nSPS) is 16.6. The van der Waals surface area contributed by atoms with Crippen LogP contribution < -0.4 is 5.32 Å². The van der Waals surface area contributed by atoms with Gasteiger partial charge in [-0.2, -0.15) is 0 Å². The molecule has 1 aromatic heterocycles. The van der Waals surface area contributed by atoms with Gasteiger partial charge in [0.2, 0.25) is 5.28 Å². The topological polar surface area (TPSA) is 54.9 Å². The Morgan fingerprint density at radius 3 is 2.87 bits per heavy atom. The van der Waals surface area contributed by atoms with Crippen molar-refractivity contribution in [2.24, 2.45) is 0 Å². The zero-order chi connectivity index (χ0) is 10.7. The van der Waals surface area contributed by atoms with Crippen molar-refractivity contribution in [2.75, 3.05) is 5.32 Å². The van der Waals surface area contributed by atoms with Crippen LogP contribution in [0.25, 0.3) is 0 Å². The monoisotopic (exact) mass is 225 g/mol. The van der Waals surface area contributed by atoms with Crippen molar-refractivity contribution in [3.05, 3.63) is 17.0 Å². The molecule has 0 unspecified atom stereocenters. The van der Waals surface area contributed by atoms with Gasteiger partial charge in [0.25, 0.3) is 0 Å². The zero-order valence-corrected chi connectivity index (χ0v) is 9.00. The molecule has 0 aliphatic heterocycles. The third-order valence-corrected chi connectivity index (χ3v) is 2.79. The summed E-state index contributed by atoms with van der Waals surface area (Å²) in [6, 6.07) is 0.412. The van der Waals surface area contributed by atoms with Gasteiger partial charge in [-0.25, -0.2) is 9.97 Å². The van der Waals surface area contributed by atoms with Crippen LogP contribution in [0.4, 0.5) is 5.82 Å². The van der Waals surface area contributed by atoms with E-state index in [2.05, 4.69) is 15.3 Å². The zero-order valence-electron chi connectivity index (χ0n) is 8.24. The molecule has 0 atom stereocenters. The van der Waals surface area contributed by atoms with Gasteiger partial charge < -0.3 is 5.32 Å². The number of aromatic nitrogens is 2. The first-order valence-electron chi connectivity index (χ1n) is 5.04. The number of rotatable bonds is 3. The van der Waals surface area contributed by atoms with Crippen LogP contribution in [0.1, 0.15) is 36.0 Å². The van der Waals surface area contributed by atoms with E-state index in [4.69, 9.17) is 11.6 Å². The number of hydrogen-bond donors (Lipinski definition) is 1. The van der Waals surface area contributed by atoms with Crippen LogP contribution in [-0.4, -0.2) is 22.3 Å². The third-order valence-electron chi connectivity index (χ3n) is 2.61. The largest absolute Gasteiger partial charge is 0.367 e. The Kier molecular flexibility index (Phi) is 3.16. The Labute approximate surface area is 93.1 Å². The molecule has 1 saturated carbocycles. The Balaban J connectivity index is 2.17. The van der Waals surface area contributed by atoms with E-state index in [-0.39, 0.29) is 5.28 Å². The van der Waals surface area contributed by atoms with Gasteiger partial charge in [0.05, 0.1) is 5.56 Å². The molecule has 0 spiro atoms. The summed E-state index contributed by atoms with van der Waals surface area (Å²) in [7, 11) is 0. The first-order chi connectivity index (χ1) is 7.29. The van der Waals surface area contributed by atoms with E-state index in [9.17, 15) is 4.79 Å². The Bertz CT molecular complexity index is 364. The van der Waals surface area contributed by atoms with Gasteiger partial charge in [0.15, 0.2) is 6.29 Å². The predicted molar refractivity (Wildman–Crippen MR) is 58.3 cm³/mol. The van der Waals surface area contributed by atoms with Gasteiger partial charge in [-0.15, -0.1) is 0 Å². The molecule has 0 aromatic carbocycles. The molecule has 1 N–H and O–H groups in total. The van der Waals surface area contributed by atoms with E-state index >= 15 is 0 Å². The molecule has 0 saturated heterocycles. The van der Waals surface area contributed by atoms with Crippen molar-refractivity contribution in [3.63, 3.8) is 0 Å². The second-order valence-corrected chi connectivity index (χ2v) is 4.02. The number of hydrogen-bond acceptors (Lipinski definition) is 4. The molecule has 1 fully saturated rings. The number of nitrogens with zero attached hydrogens (tertiary/aromatic N) is 2. The van der Waals surface area contributed by atoms with E-state index in [0.29, 0.717) is 17.4 Å². The minimum Gasteiger partial charge on any atom is -0.367 e. The second-order valence-electron chi connectivity index (χ2n) is 3.69. The summed E-state index contributed by atoms with van der Waals surface area (Å²) < 4.78 is 0. The minimum atomic E-state index is 0.168. The highest BCUT2D eigenvalue weighted by Crippen LogP contribution is 2.22. The lowest BCUT2D eigenvalue weighted by Gasteiger charge is -2.13. The fraction of sp³-hybridized carbons (Fsp3) is 0.500. The Morgan fingerprint density at radius 1 is 1.47 bits per heavy atom. The summed E-state index contributed by atoms with van der Waals surface area (Å²) in [6.45, 7) is 0. The molecule has 5 heteroatoms. The highest BCUT2D eigenvalue weighted by Gasteiger charge is 2.16. The predicted octanol–water partition coefficient (Wildman–Crippen LogP) is 2.30. The highest BCUT2D eigenvalue weighted by molar-refractivity contribution is 6.28. The average Bonchev–Trinajstić information content (AvgIpc) is 2.71. The number of halogens is 1. The van der Waals surface area contributed by atoms with Gasteiger partial charge in [0, 0.05) is 12.2 Å². The molecule has 0 bridgehead atoms. The van der Waals surface area contributed by atoms with E-state index in [1.54, 1.807) is 0 Å². The first kappa shape index (κ1) is 10.4. The Morgan fingerprint density at radius 2 is 2.20 bits per heavy atom. The summed E-state index contributed by atoms with van der Waals surface area (Å²) in [5.74, 6) is 0.553. The van der Waals surface area contributed by atoms with Crippen molar-refractivity contribution < 1.29 is 4.79 Å². The third kappa shape index (κ3) is 2.45. The van der Waals surface area contributed by atoms with E-state index in [1.165, 1.54) is 19.0 Å². The maximum Gasteiger partial charge on any atom is 0.224 e. The molecule has 1 aliphatic rings. The molecule has 15 heavy (non-hydrogen) atoms. The minimum absolute atomic E-state index is 0.168. The van der Waals surface area contributed by atoms with Crippen LogP contribution in [0.2, 0.25) is 5.28 Å². The summed E-state index contributed by atoms with van der Waals surface area (Å²) in [5, 5.41) is 3.40. The smallest absolute Gasteiger partial charge is 0.224 e. The van der Waals surface area contributed by atoms with Gasteiger partial charge >= 0.3 is 0 Å². The standard InChI is InChI=1S/C10H12ClN3O/c11-10-12-5-7(6-15)9(14-10)13-8-3-1-2-4-8/h5-6,8H,1-4H2,(H,12,13,14). The first-order valence-corrected chi connectivity index (χ1v) is 5.41. The quantitative estimate of drug-likeness (QED) is 0.634. The van der Waals surface area contributed by atoms with E-state index in [1.807, 2.05) is 0 Å². The van der Waals surface area contributed by atoms with Crippen LogP contribution in [0, 0.1) is 0 Å². The molecule has 0 radical (unpaired) electrons. The SMILES string of the molecule is O=Cc1cnc(Cl)nc1NC1CCCC1. The van der Waals surface area contributed by atoms with Gasteiger partial charge in [-0.3, -0.25) is 4.79 Å². The highest BCUT2D eigenvalue weighted by atomic mass is 35.5. The van der Waals surface area contributed by atoms with E-state index in [0.717, 1.165) is 19.1 Å². The van der Waals surface area contributed by atoms with Gasteiger partial charge in [0.1, 0.15) is 5.82 Å². The molecule has 1 aliphatic carbocycles. The number of carbonyl (C=O) groups excluding carboxylic acids is 1. The van der Waals surface area contributed by atoms with Crippen LogP contribution in [0.3, 0.4) is 0 Å². The number of nitrogens with one attached hydrogen (secondary N) is 1. The molecule has 1 aromatic rings. The number of anilines is 1. The van der Waals surface area contributed by atoms with Gasteiger partial charge in [-0.05, 0) is 24.4 Å². The summed E-state index contributed by atoms with van der Waals surface area (Å²) in [5.41, 5.74) is 0.464. The average molecular weight is 226 g/mol. The molecule has 0 amide bonds. The van der Waals surface area contributed by atoms with Crippen molar-refractivity contribution >= 4 is 23.7 Å². The molecule has 80 valence electrons. The maximum atomic E-state index is 10.7. The maximum absolute atomic E-state index is 10.7. The lowest BCUT2D eigenvalue weighted by molar-refractivity contribution is 0.112.